The maximum absolute atomic E-state index is 11.6. The van der Waals surface area contributed by atoms with E-state index in [4.69, 9.17) is 9.15 Å². The van der Waals surface area contributed by atoms with Crippen LogP contribution in [0, 0.1) is 0 Å². The molecule has 2 rings (SSSR count). The van der Waals surface area contributed by atoms with Crippen molar-refractivity contribution in [3.63, 3.8) is 0 Å². The number of rotatable bonds is 6. The number of hydrogen-bond donors (Lipinski definition) is 1. The number of carbonyl (C=O) groups is 2. The van der Waals surface area contributed by atoms with Crippen molar-refractivity contribution < 1.29 is 18.7 Å². The molecule has 5 nitrogen and oxygen atoms in total. The highest BCUT2D eigenvalue weighted by Crippen LogP contribution is 2.05. The van der Waals surface area contributed by atoms with Crippen molar-refractivity contribution in [1.29, 1.82) is 0 Å². The van der Waals surface area contributed by atoms with Crippen LogP contribution in [0.15, 0.2) is 47.3 Å². The van der Waals surface area contributed by atoms with E-state index in [-0.39, 0.29) is 18.1 Å². The van der Waals surface area contributed by atoms with E-state index >= 15 is 0 Å². The average molecular weight is 287 g/mol. The van der Waals surface area contributed by atoms with Gasteiger partial charge in [0.25, 0.3) is 5.91 Å². The van der Waals surface area contributed by atoms with Crippen molar-refractivity contribution in [3.8, 4) is 0 Å². The third-order valence-corrected chi connectivity index (χ3v) is 3.01. The predicted octanol–water partition coefficient (Wildman–Crippen LogP) is 2.32. The first-order chi connectivity index (χ1) is 10.2. The molecular weight excluding hydrogens is 270 g/mol. The molecule has 110 valence electrons. The molecule has 1 amide bonds. The highest BCUT2D eigenvalue weighted by Gasteiger charge is 2.10. The summed E-state index contributed by atoms with van der Waals surface area (Å²) in [6, 6.07) is 9.48. The lowest BCUT2D eigenvalue weighted by Crippen LogP contribution is -2.28. The van der Waals surface area contributed by atoms with Crippen LogP contribution in [0.4, 0.5) is 0 Å². The van der Waals surface area contributed by atoms with Crippen LogP contribution in [0.5, 0.6) is 0 Å². The van der Waals surface area contributed by atoms with Crippen molar-refractivity contribution in [2.75, 3.05) is 6.61 Å². The SMILES string of the molecule is CCc1ccc(CNC(=O)COC(=O)c2ccoc2)cc1. The number of ether oxygens (including phenoxy) is 1. The van der Waals surface area contributed by atoms with E-state index < -0.39 is 5.97 Å². The zero-order valence-electron chi connectivity index (χ0n) is 11.8. The van der Waals surface area contributed by atoms with E-state index in [1.807, 2.05) is 24.3 Å². The third kappa shape index (κ3) is 4.49. The second-order valence-electron chi connectivity index (χ2n) is 4.53. The van der Waals surface area contributed by atoms with Gasteiger partial charge in [-0.25, -0.2) is 4.79 Å². The Morgan fingerprint density at radius 2 is 1.86 bits per heavy atom. The van der Waals surface area contributed by atoms with Gasteiger partial charge < -0.3 is 14.5 Å². The van der Waals surface area contributed by atoms with E-state index in [0.29, 0.717) is 6.54 Å². The molecule has 1 aromatic carbocycles. The Morgan fingerprint density at radius 3 is 2.48 bits per heavy atom. The molecule has 1 N–H and O–H groups in total. The van der Waals surface area contributed by atoms with E-state index in [2.05, 4.69) is 12.2 Å². The van der Waals surface area contributed by atoms with Gasteiger partial charge in [-0.15, -0.1) is 0 Å². The topological polar surface area (TPSA) is 68.5 Å². The molecule has 1 heterocycles. The van der Waals surface area contributed by atoms with Crippen molar-refractivity contribution in [3.05, 3.63) is 59.5 Å². The van der Waals surface area contributed by atoms with Gasteiger partial charge in [-0.2, -0.15) is 0 Å². The van der Waals surface area contributed by atoms with Gasteiger partial charge in [-0.05, 0) is 23.6 Å². The highest BCUT2D eigenvalue weighted by molar-refractivity contribution is 5.90. The average Bonchev–Trinajstić information content (AvgIpc) is 3.05. The van der Waals surface area contributed by atoms with E-state index in [1.165, 1.54) is 24.2 Å². The molecule has 0 saturated heterocycles. The Bertz CT molecular complexity index is 587. The zero-order chi connectivity index (χ0) is 15.1. The Hall–Kier alpha value is -2.56. The van der Waals surface area contributed by atoms with E-state index in [9.17, 15) is 9.59 Å². The summed E-state index contributed by atoms with van der Waals surface area (Å²) in [5.41, 5.74) is 2.54. The van der Waals surface area contributed by atoms with Crippen molar-refractivity contribution in [1.82, 2.24) is 5.32 Å². The Labute approximate surface area is 122 Å². The fraction of sp³-hybridized carbons (Fsp3) is 0.250. The van der Waals surface area contributed by atoms with Crippen LogP contribution in [0.3, 0.4) is 0 Å². The first-order valence-corrected chi connectivity index (χ1v) is 6.73. The smallest absolute Gasteiger partial charge is 0.341 e. The van der Waals surface area contributed by atoms with Gasteiger partial charge in [-0.1, -0.05) is 31.2 Å². The molecular formula is C16H17NO4. The normalized spacial score (nSPS) is 10.1. The Morgan fingerprint density at radius 1 is 1.14 bits per heavy atom. The summed E-state index contributed by atoms with van der Waals surface area (Å²) < 4.78 is 9.63. The summed E-state index contributed by atoms with van der Waals surface area (Å²) in [6.07, 6.45) is 3.63. The molecule has 0 unspecified atom stereocenters. The van der Waals surface area contributed by atoms with Crippen molar-refractivity contribution >= 4 is 11.9 Å². The molecule has 0 spiro atoms. The molecule has 0 fully saturated rings. The molecule has 21 heavy (non-hydrogen) atoms. The number of esters is 1. The van der Waals surface area contributed by atoms with E-state index in [0.717, 1.165) is 12.0 Å². The molecule has 0 atom stereocenters. The number of benzene rings is 1. The summed E-state index contributed by atoms with van der Waals surface area (Å²) in [7, 11) is 0. The molecule has 0 bridgehead atoms. The summed E-state index contributed by atoms with van der Waals surface area (Å²) in [4.78, 5) is 23.1. The van der Waals surface area contributed by atoms with Gasteiger partial charge in [0.05, 0.1) is 11.8 Å². The number of aryl methyl sites for hydroxylation is 1. The van der Waals surface area contributed by atoms with Crippen LogP contribution in [0.1, 0.15) is 28.4 Å². The van der Waals surface area contributed by atoms with Gasteiger partial charge in [-0.3, -0.25) is 4.79 Å². The number of carbonyl (C=O) groups excluding carboxylic acids is 2. The van der Waals surface area contributed by atoms with Crippen LogP contribution in [-0.4, -0.2) is 18.5 Å². The summed E-state index contributed by atoms with van der Waals surface area (Å²) in [5, 5.41) is 2.70. The molecule has 5 heteroatoms. The van der Waals surface area contributed by atoms with Gasteiger partial charge >= 0.3 is 5.97 Å². The predicted molar refractivity (Wildman–Crippen MR) is 76.7 cm³/mol. The summed E-state index contributed by atoms with van der Waals surface area (Å²) >= 11 is 0. The lowest BCUT2D eigenvalue weighted by Gasteiger charge is -2.06. The minimum Gasteiger partial charge on any atom is -0.472 e. The number of amides is 1. The van der Waals surface area contributed by atoms with Crippen LogP contribution in [0.25, 0.3) is 0 Å². The first kappa shape index (κ1) is 14.8. The Balaban J connectivity index is 1.73. The molecule has 2 aromatic rings. The fourth-order valence-corrected chi connectivity index (χ4v) is 1.74. The number of furan rings is 1. The van der Waals surface area contributed by atoms with Gasteiger partial charge in [0.1, 0.15) is 6.26 Å². The zero-order valence-corrected chi connectivity index (χ0v) is 11.8. The van der Waals surface area contributed by atoms with Crippen LogP contribution < -0.4 is 5.32 Å². The summed E-state index contributed by atoms with van der Waals surface area (Å²) in [6.45, 7) is 2.19. The minimum absolute atomic E-state index is 0.290. The summed E-state index contributed by atoms with van der Waals surface area (Å²) in [5.74, 6) is -0.919. The minimum atomic E-state index is -0.578. The standard InChI is InChI=1S/C16H17NO4/c1-2-12-3-5-13(6-4-12)9-17-15(18)11-21-16(19)14-7-8-20-10-14/h3-8,10H,2,9,11H2,1H3,(H,17,18). The second kappa shape index (κ2) is 7.28. The van der Waals surface area contributed by atoms with Gasteiger partial charge in [0, 0.05) is 6.54 Å². The molecule has 0 saturated carbocycles. The van der Waals surface area contributed by atoms with Crippen molar-refractivity contribution in [2.45, 2.75) is 19.9 Å². The second-order valence-corrected chi connectivity index (χ2v) is 4.53. The molecule has 0 aliphatic rings. The van der Waals surface area contributed by atoms with Crippen LogP contribution in [0.2, 0.25) is 0 Å². The monoisotopic (exact) mass is 287 g/mol. The van der Waals surface area contributed by atoms with Crippen LogP contribution in [-0.2, 0) is 22.5 Å². The van der Waals surface area contributed by atoms with Crippen LogP contribution >= 0.6 is 0 Å². The number of nitrogens with one attached hydrogen (secondary N) is 1. The Kier molecular flexibility index (Phi) is 5.15. The largest absolute Gasteiger partial charge is 0.472 e. The maximum atomic E-state index is 11.6. The van der Waals surface area contributed by atoms with E-state index in [1.54, 1.807) is 0 Å². The maximum Gasteiger partial charge on any atom is 0.341 e. The fourth-order valence-electron chi connectivity index (χ4n) is 1.74. The van der Waals surface area contributed by atoms with Gasteiger partial charge in [0.2, 0.25) is 0 Å². The number of hydrogen-bond acceptors (Lipinski definition) is 4. The lowest BCUT2D eigenvalue weighted by molar-refractivity contribution is -0.124. The molecule has 1 aromatic heterocycles. The third-order valence-electron chi connectivity index (χ3n) is 3.01. The lowest BCUT2D eigenvalue weighted by atomic mass is 10.1. The van der Waals surface area contributed by atoms with Crippen molar-refractivity contribution in [2.24, 2.45) is 0 Å². The van der Waals surface area contributed by atoms with Gasteiger partial charge in [0.15, 0.2) is 6.61 Å². The molecule has 0 aliphatic heterocycles. The first-order valence-electron chi connectivity index (χ1n) is 6.73. The molecule has 0 radical (unpaired) electrons. The highest BCUT2D eigenvalue weighted by atomic mass is 16.5. The quantitative estimate of drug-likeness (QED) is 0.828. The molecule has 0 aliphatic carbocycles.